The molecule has 2 saturated heterocycles. The molecule has 0 unspecified atom stereocenters. The molecule has 3 aliphatic heterocycles. The number of likely N-dealkylation sites (tertiary alicyclic amines) is 1. The molecular weight excluding hydrogens is 637 g/mol. The summed E-state index contributed by atoms with van der Waals surface area (Å²) in [7, 11) is 3.29. The molecule has 3 aromatic carbocycles. The summed E-state index contributed by atoms with van der Waals surface area (Å²) in [6.07, 6.45) is 3.78. The number of amides is 1. The largest absolute Gasteiger partial charge is 0.496 e. The predicted octanol–water partition coefficient (Wildman–Crippen LogP) is 5.61. The van der Waals surface area contributed by atoms with Gasteiger partial charge in [0.15, 0.2) is 0 Å². The van der Waals surface area contributed by atoms with Crippen molar-refractivity contribution >= 4 is 29.1 Å². The van der Waals surface area contributed by atoms with Gasteiger partial charge in [-0.15, -0.1) is 0 Å². The van der Waals surface area contributed by atoms with Crippen molar-refractivity contribution in [2.45, 2.75) is 44.5 Å². The van der Waals surface area contributed by atoms with Crippen LogP contribution in [0, 0.1) is 0 Å². The number of aliphatic hydroxyl groups excluding tert-OH is 1. The summed E-state index contributed by atoms with van der Waals surface area (Å²) in [4.78, 5) is 25.6. The van der Waals surface area contributed by atoms with Gasteiger partial charge in [0, 0.05) is 74.0 Å². The first kappa shape index (κ1) is 31.8. The van der Waals surface area contributed by atoms with Crippen LogP contribution < -0.4 is 14.8 Å². The van der Waals surface area contributed by atoms with Crippen LogP contribution in [-0.4, -0.2) is 83.3 Å². The molecule has 0 aliphatic carbocycles. The van der Waals surface area contributed by atoms with Crippen LogP contribution >= 0.6 is 23.2 Å². The molecular formula is C36H37Cl2N5O4. The van der Waals surface area contributed by atoms with Crippen LogP contribution in [0.4, 0.5) is 0 Å². The van der Waals surface area contributed by atoms with E-state index in [0.29, 0.717) is 53.4 Å². The number of ether oxygens (including phenoxy) is 2. The standard InChI is InChI=1S/C36H37Cl2N5O4/c1-46-32-14-21(13-22-16-42(12-11-25(22)32)17-23-9-10-33(45)40-23)26-5-3-6-27(34(26)37)28-7-4-8-29(35(28)38)30-15-39-31(36(41-30)47-2)20-43-18-24(44)19-43/h3-8,13-15,23-24,44H,9-12,16-20H2,1-2H3,(H,40,45)/t23-/m0/s1. The van der Waals surface area contributed by atoms with Crippen molar-refractivity contribution in [2.24, 2.45) is 0 Å². The molecule has 2 N–H and O–H groups in total. The van der Waals surface area contributed by atoms with Crippen LogP contribution in [0.25, 0.3) is 33.5 Å². The maximum Gasteiger partial charge on any atom is 0.237 e. The minimum Gasteiger partial charge on any atom is -0.496 e. The summed E-state index contributed by atoms with van der Waals surface area (Å²) >= 11 is 14.3. The Morgan fingerprint density at radius 3 is 2.36 bits per heavy atom. The zero-order valence-electron chi connectivity index (χ0n) is 26.4. The van der Waals surface area contributed by atoms with Crippen LogP contribution in [0.1, 0.15) is 29.7 Å². The van der Waals surface area contributed by atoms with Gasteiger partial charge in [0.05, 0.1) is 42.3 Å². The summed E-state index contributed by atoms with van der Waals surface area (Å²) in [6.45, 7) is 4.30. The first-order chi connectivity index (χ1) is 22.8. The quantitative estimate of drug-likeness (QED) is 0.236. The van der Waals surface area contributed by atoms with E-state index in [0.717, 1.165) is 66.0 Å². The Morgan fingerprint density at radius 2 is 1.68 bits per heavy atom. The second-order valence-corrected chi connectivity index (χ2v) is 13.3. The summed E-state index contributed by atoms with van der Waals surface area (Å²) in [5.74, 6) is 1.43. The third kappa shape index (κ3) is 6.43. The van der Waals surface area contributed by atoms with Crippen molar-refractivity contribution in [1.29, 1.82) is 0 Å². The summed E-state index contributed by atoms with van der Waals surface area (Å²) in [5.41, 5.74) is 7.88. The first-order valence-corrected chi connectivity index (χ1v) is 16.7. The van der Waals surface area contributed by atoms with E-state index >= 15 is 0 Å². The number of halogens is 2. The van der Waals surface area contributed by atoms with E-state index in [-0.39, 0.29) is 18.1 Å². The first-order valence-electron chi connectivity index (χ1n) is 15.9. The fourth-order valence-electron chi connectivity index (χ4n) is 6.92. The lowest BCUT2D eigenvalue weighted by Crippen LogP contribution is -2.50. The van der Waals surface area contributed by atoms with E-state index < -0.39 is 0 Å². The lowest BCUT2D eigenvalue weighted by Gasteiger charge is -2.35. The van der Waals surface area contributed by atoms with Crippen molar-refractivity contribution in [3.05, 3.63) is 81.6 Å². The lowest BCUT2D eigenvalue weighted by molar-refractivity contribution is -0.119. The van der Waals surface area contributed by atoms with Crippen molar-refractivity contribution in [3.8, 4) is 45.1 Å². The Bertz CT molecular complexity index is 1830. The smallest absolute Gasteiger partial charge is 0.237 e. The average Bonchev–Trinajstić information content (AvgIpc) is 3.48. The number of β-amino-alcohol motifs (C(OH)–C–C–N with tert-alkyl or cyclic N) is 1. The SMILES string of the molecule is COc1cc(-c2cccc(-c3cccc(-c4cnc(CN5CC(O)C5)c(OC)n4)c3Cl)c2Cl)cc2c1CCN(C[C@@H]1CCC(=O)N1)C2. The predicted molar refractivity (Wildman–Crippen MR) is 183 cm³/mol. The molecule has 9 nitrogen and oxygen atoms in total. The number of nitrogens with zero attached hydrogens (tertiary/aromatic N) is 4. The van der Waals surface area contributed by atoms with Crippen molar-refractivity contribution in [3.63, 3.8) is 0 Å². The molecule has 0 radical (unpaired) electrons. The van der Waals surface area contributed by atoms with Crippen LogP contribution in [0.3, 0.4) is 0 Å². The number of nitrogens with one attached hydrogen (secondary N) is 1. The van der Waals surface area contributed by atoms with E-state index in [1.807, 2.05) is 36.4 Å². The Balaban J connectivity index is 1.19. The number of carbonyl (C=O) groups excluding carboxylic acids is 1. The molecule has 2 fully saturated rings. The molecule has 4 heterocycles. The zero-order valence-corrected chi connectivity index (χ0v) is 27.9. The number of hydrogen-bond donors (Lipinski definition) is 2. The van der Waals surface area contributed by atoms with E-state index in [2.05, 4.69) is 32.2 Å². The van der Waals surface area contributed by atoms with Crippen LogP contribution in [0.5, 0.6) is 11.6 Å². The highest BCUT2D eigenvalue weighted by Gasteiger charge is 2.28. The highest BCUT2D eigenvalue weighted by atomic mass is 35.5. The molecule has 3 aliphatic rings. The van der Waals surface area contributed by atoms with Gasteiger partial charge in [-0.1, -0.05) is 59.6 Å². The van der Waals surface area contributed by atoms with Gasteiger partial charge in [0.2, 0.25) is 11.8 Å². The van der Waals surface area contributed by atoms with E-state index in [1.54, 1.807) is 20.4 Å². The van der Waals surface area contributed by atoms with Gasteiger partial charge in [0.1, 0.15) is 11.4 Å². The number of rotatable bonds is 9. The fourth-order valence-corrected chi connectivity index (χ4v) is 7.58. The number of benzene rings is 3. The Kier molecular flexibility index (Phi) is 9.09. The van der Waals surface area contributed by atoms with E-state index in [1.165, 1.54) is 11.1 Å². The highest BCUT2D eigenvalue weighted by molar-refractivity contribution is 6.39. The molecule has 47 heavy (non-hydrogen) atoms. The average molecular weight is 675 g/mol. The Morgan fingerprint density at radius 1 is 0.957 bits per heavy atom. The molecule has 244 valence electrons. The van der Waals surface area contributed by atoms with E-state index in [9.17, 15) is 9.90 Å². The van der Waals surface area contributed by atoms with Gasteiger partial charge < -0.3 is 19.9 Å². The molecule has 0 spiro atoms. The second-order valence-electron chi connectivity index (χ2n) is 12.5. The third-order valence-electron chi connectivity index (χ3n) is 9.35. The summed E-state index contributed by atoms with van der Waals surface area (Å²) in [6, 6.07) is 16.3. The van der Waals surface area contributed by atoms with Crippen molar-refractivity contribution in [1.82, 2.24) is 25.1 Å². The third-order valence-corrected chi connectivity index (χ3v) is 10.2. The maximum atomic E-state index is 11.8. The maximum absolute atomic E-state index is 11.8. The monoisotopic (exact) mass is 673 g/mol. The number of fused-ring (bicyclic) bond motifs is 1. The second kappa shape index (κ2) is 13.4. The van der Waals surface area contributed by atoms with Crippen LogP contribution in [0.15, 0.2) is 54.7 Å². The van der Waals surface area contributed by atoms with Gasteiger partial charge >= 0.3 is 0 Å². The summed E-state index contributed by atoms with van der Waals surface area (Å²) < 4.78 is 11.5. The van der Waals surface area contributed by atoms with Gasteiger partial charge in [-0.2, -0.15) is 0 Å². The molecule has 0 bridgehead atoms. The topological polar surface area (TPSA) is 100 Å². The normalized spacial score (nSPS) is 18.5. The van der Waals surface area contributed by atoms with Crippen LogP contribution in [0.2, 0.25) is 10.0 Å². The number of aromatic nitrogens is 2. The van der Waals surface area contributed by atoms with Gasteiger partial charge in [-0.25, -0.2) is 4.98 Å². The summed E-state index contributed by atoms with van der Waals surface area (Å²) in [5, 5.41) is 13.8. The number of carbonyl (C=O) groups is 1. The number of aliphatic hydroxyl groups is 1. The lowest BCUT2D eigenvalue weighted by atomic mass is 9.91. The van der Waals surface area contributed by atoms with E-state index in [4.69, 9.17) is 37.7 Å². The van der Waals surface area contributed by atoms with Gasteiger partial charge in [-0.3, -0.25) is 19.6 Å². The molecule has 0 saturated carbocycles. The minimum absolute atomic E-state index is 0.141. The highest BCUT2D eigenvalue weighted by Crippen LogP contribution is 2.44. The molecule has 7 rings (SSSR count). The van der Waals surface area contributed by atoms with Crippen LogP contribution in [-0.2, 0) is 24.3 Å². The Hall–Kier alpha value is -3.73. The number of methoxy groups -OCH3 is 2. The van der Waals surface area contributed by atoms with Gasteiger partial charge in [-0.05, 0) is 41.7 Å². The fraction of sp³-hybridized carbons (Fsp3) is 0.361. The zero-order chi connectivity index (χ0) is 32.7. The molecule has 1 aromatic heterocycles. The molecule has 1 amide bonds. The van der Waals surface area contributed by atoms with Crippen molar-refractivity contribution < 1.29 is 19.4 Å². The minimum atomic E-state index is -0.294. The van der Waals surface area contributed by atoms with Gasteiger partial charge in [0.25, 0.3) is 0 Å². The molecule has 1 atom stereocenters. The van der Waals surface area contributed by atoms with Crippen molar-refractivity contribution in [2.75, 3.05) is 40.4 Å². The Labute approximate surface area is 284 Å². The molecule has 11 heteroatoms. The molecule has 4 aromatic rings. The number of hydrogen-bond acceptors (Lipinski definition) is 8.